The Bertz CT molecular complexity index is 1330. The molecule has 3 atom stereocenters. The molecular weight excluding hydrogens is 506 g/mol. The molecular formula is C27H33N5O5S. The fraction of sp³-hybridized carbons (Fsp3) is 0.444. The van der Waals surface area contributed by atoms with Gasteiger partial charge in [0.25, 0.3) is 0 Å². The number of hydrogen-bond acceptors (Lipinski definition) is 7. The van der Waals surface area contributed by atoms with Crippen LogP contribution in [0.2, 0.25) is 0 Å². The van der Waals surface area contributed by atoms with Crippen molar-refractivity contribution in [2.45, 2.75) is 62.6 Å². The van der Waals surface area contributed by atoms with E-state index in [0.29, 0.717) is 35.9 Å². The average Bonchev–Trinajstić information content (AvgIpc) is 3.43. The Morgan fingerprint density at radius 3 is 2.42 bits per heavy atom. The molecule has 2 aliphatic heterocycles. The van der Waals surface area contributed by atoms with Gasteiger partial charge in [0.1, 0.15) is 0 Å². The van der Waals surface area contributed by atoms with Crippen LogP contribution < -0.4 is 10.0 Å². The molecule has 0 aliphatic carbocycles. The number of amides is 1. The molecule has 2 saturated heterocycles. The minimum Gasteiger partial charge on any atom is -0.465 e. The maximum absolute atomic E-state index is 11.4. The Morgan fingerprint density at radius 1 is 1.11 bits per heavy atom. The second-order valence-corrected chi connectivity index (χ2v) is 12.0. The van der Waals surface area contributed by atoms with E-state index in [1.54, 1.807) is 12.1 Å². The third kappa shape index (κ3) is 6.51. The fourth-order valence-electron chi connectivity index (χ4n) is 5.87. The summed E-state index contributed by atoms with van der Waals surface area (Å²) in [6, 6.07) is 17.5. The number of anilines is 1. The van der Waals surface area contributed by atoms with E-state index >= 15 is 0 Å². The second kappa shape index (κ2) is 11.1. The van der Waals surface area contributed by atoms with Gasteiger partial charge < -0.3 is 14.9 Å². The van der Waals surface area contributed by atoms with Crippen LogP contribution in [0.15, 0.2) is 59.1 Å². The summed E-state index contributed by atoms with van der Waals surface area (Å²) in [6.45, 7) is 0.834. The van der Waals surface area contributed by atoms with Gasteiger partial charge in [-0.2, -0.15) is 4.98 Å². The molecule has 1 amide bonds. The predicted molar refractivity (Wildman–Crippen MR) is 142 cm³/mol. The summed E-state index contributed by atoms with van der Waals surface area (Å²) in [7, 11) is -3.31. The molecule has 0 radical (unpaired) electrons. The van der Waals surface area contributed by atoms with Crippen LogP contribution in [0.4, 0.5) is 10.5 Å². The van der Waals surface area contributed by atoms with Crippen molar-refractivity contribution in [3.8, 4) is 0 Å². The predicted octanol–water partition coefficient (Wildman–Crippen LogP) is 4.14. The van der Waals surface area contributed by atoms with Gasteiger partial charge in [-0.25, -0.2) is 13.2 Å². The lowest BCUT2D eigenvalue weighted by atomic mass is 9.90. The first-order chi connectivity index (χ1) is 18.2. The number of nitrogens with zero attached hydrogens (tertiary/aromatic N) is 3. The van der Waals surface area contributed by atoms with E-state index in [9.17, 15) is 18.3 Å². The van der Waals surface area contributed by atoms with Gasteiger partial charge in [0.15, 0.2) is 5.82 Å². The molecule has 3 heterocycles. The quantitative estimate of drug-likeness (QED) is 0.350. The molecule has 202 valence electrons. The van der Waals surface area contributed by atoms with Crippen molar-refractivity contribution in [3.63, 3.8) is 0 Å². The molecule has 11 heteroatoms. The number of piperidine rings is 1. The van der Waals surface area contributed by atoms with E-state index < -0.39 is 16.1 Å². The van der Waals surface area contributed by atoms with Gasteiger partial charge >= 0.3 is 6.09 Å². The molecule has 2 aromatic carbocycles. The minimum atomic E-state index is -3.31. The van der Waals surface area contributed by atoms with Crippen molar-refractivity contribution < 1.29 is 22.8 Å². The van der Waals surface area contributed by atoms with Crippen LogP contribution in [0, 0.1) is 0 Å². The number of rotatable bonds is 10. The SMILES string of the molecule is CS(=O)(=O)Nc1ccc(Cc2noc(C3CC4CCC(C3)N4CC[C@H](NC(=O)O)c3ccccc3)n2)cc1. The summed E-state index contributed by atoms with van der Waals surface area (Å²) >= 11 is 0. The Kier molecular flexibility index (Phi) is 7.66. The third-order valence-electron chi connectivity index (χ3n) is 7.51. The van der Waals surface area contributed by atoms with E-state index in [-0.39, 0.29) is 12.0 Å². The number of carboxylic acid groups (broad SMARTS) is 1. The normalized spacial score (nSPS) is 22.2. The third-order valence-corrected chi connectivity index (χ3v) is 8.12. The first-order valence-corrected chi connectivity index (χ1v) is 14.8. The molecule has 10 nitrogen and oxygen atoms in total. The number of hydrogen-bond donors (Lipinski definition) is 3. The minimum absolute atomic E-state index is 0.216. The number of nitrogens with one attached hydrogen (secondary N) is 2. The van der Waals surface area contributed by atoms with Crippen LogP contribution in [0.5, 0.6) is 0 Å². The van der Waals surface area contributed by atoms with Gasteiger partial charge in [-0.05, 0) is 55.4 Å². The first kappa shape index (κ1) is 26.2. The monoisotopic (exact) mass is 539 g/mol. The lowest BCUT2D eigenvalue weighted by Gasteiger charge is -2.38. The summed E-state index contributed by atoms with van der Waals surface area (Å²) in [5, 5.41) is 16.2. The molecule has 38 heavy (non-hydrogen) atoms. The fourth-order valence-corrected chi connectivity index (χ4v) is 6.43. The van der Waals surface area contributed by atoms with Crippen molar-refractivity contribution in [2.75, 3.05) is 17.5 Å². The smallest absolute Gasteiger partial charge is 0.405 e. The highest BCUT2D eigenvalue weighted by molar-refractivity contribution is 7.92. The van der Waals surface area contributed by atoms with Gasteiger partial charge in [0.2, 0.25) is 15.9 Å². The maximum Gasteiger partial charge on any atom is 0.405 e. The Labute approximate surface area is 222 Å². The van der Waals surface area contributed by atoms with E-state index in [4.69, 9.17) is 9.51 Å². The van der Waals surface area contributed by atoms with Crippen molar-refractivity contribution in [1.82, 2.24) is 20.4 Å². The zero-order chi connectivity index (χ0) is 26.7. The molecule has 2 bridgehead atoms. The maximum atomic E-state index is 11.4. The molecule has 3 N–H and O–H groups in total. The van der Waals surface area contributed by atoms with Crippen LogP contribution in [-0.2, 0) is 16.4 Å². The standard InChI is InChI=1S/C27H33N5O5S/c1-38(35,36)31-21-9-7-18(8-10-21)15-25-29-26(37-30-25)20-16-22-11-12-23(17-20)32(22)14-13-24(28-27(33)34)19-5-3-2-4-6-19/h2-10,20,22-24,28,31H,11-17H2,1H3,(H,33,34)/t20?,22?,23?,24-/m0/s1. The lowest BCUT2D eigenvalue weighted by Crippen LogP contribution is -2.43. The molecule has 3 aromatic rings. The number of benzene rings is 2. The molecule has 2 unspecified atom stereocenters. The molecule has 1 aromatic heterocycles. The van der Waals surface area contributed by atoms with Crippen LogP contribution in [-0.4, -0.2) is 59.5 Å². The molecule has 2 aliphatic rings. The summed E-state index contributed by atoms with van der Waals surface area (Å²) in [4.78, 5) is 18.6. The molecule has 0 spiro atoms. The summed E-state index contributed by atoms with van der Waals surface area (Å²) < 4.78 is 30.9. The number of sulfonamides is 1. The topological polar surface area (TPSA) is 138 Å². The average molecular weight is 540 g/mol. The van der Waals surface area contributed by atoms with Crippen molar-refractivity contribution in [1.29, 1.82) is 0 Å². The van der Waals surface area contributed by atoms with Crippen LogP contribution in [0.25, 0.3) is 0 Å². The number of aromatic nitrogens is 2. The van der Waals surface area contributed by atoms with Crippen LogP contribution in [0.3, 0.4) is 0 Å². The van der Waals surface area contributed by atoms with E-state index in [1.807, 2.05) is 42.5 Å². The zero-order valence-electron chi connectivity index (χ0n) is 21.3. The second-order valence-electron chi connectivity index (χ2n) is 10.3. The van der Waals surface area contributed by atoms with Crippen molar-refractivity contribution >= 4 is 21.8 Å². The number of fused-ring (bicyclic) bond motifs is 2. The Hall–Kier alpha value is -3.44. The van der Waals surface area contributed by atoms with Gasteiger partial charge in [0.05, 0.1) is 12.3 Å². The highest BCUT2D eigenvalue weighted by atomic mass is 32.2. The number of carbonyl (C=O) groups is 1. The zero-order valence-corrected chi connectivity index (χ0v) is 22.1. The summed E-state index contributed by atoms with van der Waals surface area (Å²) in [6.07, 6.45) is 5.49. The van der Waals surface area contributed by atoms with Crippen LogP contribution in [0.1, 0.15) is 66.9 Å². The van der Waals surface area contributed by atoms with E-state index in [1.165, 1.54) is 0 Å². The molecule has 0 saturated carbocycles. The van der Waals surface area contributed by atoms with Gasteiger partial charge in [-0.3, -0.25) is 9.62 Å². The van der Waals surface area contributed by atoms with Crippen molar-refractivity contribution in [2.24, 2.45) is 0 Å². The summed E-state index contributed by atoms with van der Waals surface area (Å²) in [5.74, 6) is 1.51. The largest absolute Gasteiger partial charge is 0.465 e. The molecule has 2 fully saturated rings. The Balaban J connectivity index is 1.18. The van der Waals surface area contributed by atoms with Gasteiger partial charge in [-0.15, -0.1) is 0 Å². The van der Waals surface area contributed by atoms with E-state index in [2.05, 4.69) is 20.1 Å². The van der Waals surface area contributed by atoms with Gasteiger partial charge in [-0.1, -0.05) is 47.6 Å². The van der Waals surface area contributed by atoms with Crippen LogP contribution >= 0.6 is 0 Å². The highest BCUT2D eigenvalue weighted by Crippen LogP contribution is 2.43. The first-order valence-electron chi connectivity index (χ1n) is 12.9. The summed E-state index contributed by atoms with van der Waals surface area (Å²) in [5.41, 5.74) is 2.46. The highest BCUT2D eigenvalue weighted by Gasteiger charge is 2.42. The lowest BCUT2D eigenvalue weighted by molar-refractivity contribution is 0.110. The van der Waals surface area contributed by atoms with E-state index in [0.717, 1.165) is 56.0 Å². The van der Waals surface area contributed by atoms with Gasteiger partial charge in [0, 0.05) is 36.7 Å². The Morgan fingerprint density at radius 2 is 1.79 bits per heavy atom. The van der Waals surface area contributed by atoms with Crippen molar-refractivity contribution in [3.05, 3.63) is 77.4 Å². The molecule has 5 rings (SSSR count).